The van der Waals surface area contributed by atoms with Crippen LogP contribution in [-0.2, 0) is 19.1 Å². The molecule has 7 atom stereocenters. The summed E-state index contributed by atoms with van der Waals surface area (Å²) in [7, 11) is 0. The summed E-state index contributed by atoms with van der Waals surface area (Å²) < 4.78 is 4.78. The molecule has 0 aromatic heterocycles. The quantitative estimate of drug-likeness (QED) is 0.471. The van der Waals surface area contributed by atoms with Gasteiger partial charge in [-0.3, -0.25) is 14.4 Å². The van der Waals surface area contributed by atoms with Gasteiger partial charge in [-0.15, -0.1) is 11.8 Å². The first-order valence-corrected chi connectivity index (χ1v) is 13.6. The molecule has 0 aromatic rings. The van der Waals surface area contributed by atoms with Crippen LogP contribution in [0.25, 0.3) is 0 Å². The first kappa shape index (κ1) is 25.3. The van der Waals surface area contributed by atoms with Crippen LogP contribution in [0.15, 0.2) is 24.3 Å². The maximum Gasteiger partial charge on any atom is 0.311 e. The van der Waals surface area contributed by atoms with Gasteiger partial charge in [0.25, 0.3) is 0 Å². The SMILES string of the molecule is CC[C@H](C)[C@H](CO)N1C(=O)[C@@H]2[C@H]3C(=O)OCCCC/C=C\[C@H]3S[C@@]23C=CCN(C(C)C)C(=O)C13. The second-order valence-electron chi connectivity index (χ2n) is 10.3. The van der Waals surface area contributed by atoms with E-state index in [-0.39, 0.29) is 41.6 Å². The number of aliphatic hydroxyl groups is 1. The fraction of sp³-hybridized carbons (Fsp3) is 0.731. The number of cyclic esters (lactones) is 1. The molecule has 0 radical (unpaired) electrons. The fourth-order valence-corrected chi connectivity index (χ4v) is 8.00. The van der Waals surface area contributed by atoms with Crippen LogP contribution in [0.1, 0.15) is 53.4 Å². The van der Waals surface area contributed by atoms with Crippen molar-refractivity contribution in [1.82, 2.24) is 9.80 Å². The molecular formula is C26H38N2O5S. The maximum absolute atomic E-state index is 14.2. The van der Waals surface area contributed by atoms with E-state index in [9.17, 15) is 19.5 Å². The van der Waals surface area contributed by atoms with Crippen molar-refractivity contribution in [3.05, 3.63) is 24.3 Å². The van der Waals surface area contributed by atoms with Gasteiger partial charge in [0.1, 0.15) is 6.04 Å². The van der Waals surface area contributed by atoms with Crippen LogP contribution >= 0.6 is 11.8 Å². The molecule has 2 amide bonds. The highest BCUT2D eigenvalue weighted by Crippen LogP contribution is 2.61. The third kappa shape index (κ3) is 4.00. The van der Waals surface area contributed by atoms with E-state index < -0.39 is 28.7 Å². The van der Waals surface area contributed by atoms with E-state index in [4.69, 9.17) is 4.74 Å². The van der Waals surface area contributed by atoms with Crippen LogP contribution in [0.5, 0.6) is 0 Å². The summed E-state index contributed by atoms with van der Waals surface area (Å²) in [6.45, 7) is 8.57. The number of thioether (sulfide) groups is 1. The summed E-state index contributed by atoms with van der Waals surface area (Å²) >= 11 is 1.56. The lowest BCUT2D eigenvalue weighted by Crippen LogP contribution is -2.58. The Bertz CT molecular complexity index is 873. The Balaban J connectivity index is 1.87. The molecule has 7 nitrogen and oxygen atoms in total. The number of hydrogen-bond donors (Lipinski definition) is 1. The average molecular weight is 491 g/mol. The van der Waals surface area contributed by atoms with Crippen LogP contribution < -0.4 is 0 Å². The molecule has 2 saturated heterocycles. The van der Waals surface area contributed by atoms with Crippen LogP contribution in [0.2, 0.25) is 0 Å². The highest BCUT2D eigenvalue weighted by atomic mass is 32.2. The molecule has 4 heterocycles. The van der Waals surface area contributed by atoms with E-state index in [1.807, 2.05) is 45.9 Å². The Kier molecular flexibility index (Phi) is 7.48. The van der Waals surface area contributed by atoms with Gasteiger partial charge in [0, 0.05) is 17.8 Å². The number of likely N-dealkylation sites (tertiary alicyclic amines) is 1. The van der Waals surface area contributed by atoms with Crippen molar-refractivity contribution in [2.45, 2.75) is 81.5 Å². The largest absolute Gasteiger partial charge is 0.465 e. The molecule has 34 heavy (non-hydrogen) atoms. The lowest BCUT2D eigenvalue weighted by Gasteiger charge is -2.41. The van der Waals surface area contributed by atoms with E-state index in [0.717, 1.165) is 25.7 Å². The van der Waals surface area contributed by atoms with Gasteiger partial charge in [0.05, 0.1) is 35.8 Å². The van der Waals surface area contributed by atoms with Crippen LogP contribution in [0.4, 0.5) is 0 Å². The zero-order chi connectivity index (χ0) is 24.6. The summed E-state index contributed by atoms with van der Waals surface area (Å²) in [5, 5.41) is 10.1. The minimum atomic E-state index is -0.870. The van der Waals surface area contributed by atoms with Crippen LogP contribution in [-0.4, -0.2) is 80.6 Å². The average Bonchev–Trinajstić information content (AvgIpc) is 3.19. The highest BCUT2D eigenvalue weighted by Gasteiger charge is 2.71. The van der Waals surface area contributed by atoms with Crippen molar-refractivity contribution in [2.24, 2.45) is 17.8 Å². The zero-order valence-corrected chi connectivity index (χ0v) is 21.5. The first-order chi connectivity index (χ1) is 16.3. The summed E-state index contributed by atoms with van der Waals surface area (Å²) in [4.78, 5) is 45.1. The Morgan fingerprint density at radius 3 is 2.62 bits per heavy atom. The predicted octanol–water partition coefficient (Wildman–Crippen LogP) is 2.78. The topological polar surface area (TPSA) is 87.2 Å². The number of ether oxygens (including phenoxy) is 1. The molecule has 0 aliphatic carbocycles. The van der Waals surface area contributed by atoms with Gasteiger partial charge in [0.2, 0.25) is 11.8 Å². The smallest absolute Gasteiger partial charge is 0.311 e. The van der Waals surface area contributed by atoms with Crippen molar-refractivity contribution >= 4 is 29.5 Å². The Morgan fingerprint density at radius 2 is 1.94 bits per heavy atom. The predicted molar refractivity (Wildman–Crippen MR) is 132 cm³/mol. The summed E-state index contributed by atoms with van der Waals surface area (Å²) in [6.07, 6.45) is 11.6. The molecule has 0 bridgehead atoms. The molecular weight excluding hydrogens is 452 g/mol. The minimum absolute atomic E-state index is 0.00838. The minimum Gasteiger partial charge on any atom is -0.465 e. The van der Waals surface area contributed by atoms with Crippen molar-refractivity contribution in [3.8, 4) is 0 Å². The Morgan fingerprint density at radius 1 is 1.18 bits per heavy atom. The first-order valence-electron chi connectivity index (χ1n) is 12.7. The maximum atomic E-state index is 14.2. The Hall–Kier alpha value is -1.80. The monoisotopic (exact) mass is 490 g/mol. The van der Waals surface area contributed by atoms with E-state index >= 15 is 0 Å². The second kappa shape index (κ2) is 10.1. The number of rotatable bonds is 5. The van der Waals surface area contributed by atoms with Gasteiger partial charge in [-0.05, 0) is 39.0 Å². The molecule has 1 N–H and O–H groups in total. The van der Waals surface area contributed by atoms with E-state index in [0.29, 0.717) is 13.2 Å². The van der Waals surface area contributed by atoms with Gasteiger partial charge >= 0.3 is 5.97 Å². The molecule has 0 saturated carbocycles. The number of carbonyl (C=O) groups is 3. The van der Waals surface area contributed by atoms with Gasteiger partial charge < -0.3 is 19.6 Å². The van der Waals surface area contributed by atoms with Crippen molar-refractivity contribution in [3.63, 3.8) is 0 Å². The zero-order valence-electron chi connectivity index (χ0n) is 20.7. The van der Waals surface area contributed by atoms with E-state index in [1.54, 1.807) is 21.6 Å². The number of aliphatic hydroxyl groups excluding tert-OH is 1. The molecule has 188 valence electrons. The number of esters is 1. The molecule has 0 aromatic carbocycles. The Labute approximate surface area is 206 Å². The third-order valence-corrected chi connectivity index (χ3v) is 9.78. The standard InChI is InChI=1S/C26H38N2O5S/c1-5-17(4)18(15-29)28-22-24(31)27(16(2)3)13-10-12-26(22)21(23(28)30)20-19(34-26)11-8-6-7-9-14-33-25(20)32/h8,10-12,16-22,29H,5-7,9,13-15H2,1-4H3/b11-8-/t17-,18-,19+,20-,21-,22?,26-/m0/s1. The van der Waals surface area contributed by atoms with Crippen LogP contribution in [0, 0.1) is 17.8 Å². The lowest BCUT2D eigenvalue weighted by molar-refractivity contribution is -0.154. The molecule has 1 spiro atoms. The number of fused-ring (bicyclic) bond motifs is 2. The van der Waals surface area contributed by atoms with Crippen molar-refractivity contribution < 1.29 is 24.2 Å². The lowest BCUT2D eigenvalue weighted by atomic mass is 9.78. The van der Waals surface area contributed by atoms with Gasteiger partial charge in [0.15, 0.2) is 0 Å². The third-order valence-electron chi connectivity index (χ3n) is 8.04. The number of nitrogens with zero attached hydrogens (tertiary/aromatic N) is 2. The van der Waals surface area contributed by atoms with Gasteiger partial charge in [-0.25, -0.2) is 0 Å². The van der Waals surface area contributed by atoms with Gasteiger partial charge in [-0.2, -0.15) is 0 Å². The van der Waals surface area contributed by atoms with Gasteiger partial charge in [-0.1, -0.05) is 44.6 Å². The summed E-state index contributed by atoms with van der Waals surface area (Å²) in [5.41, 5.74) is 0. The van der Waals surface area contributed by atoms with Crippen molar-refractivity contribution in [2.75, 3.05) is 19.8 Å². The van der Waals surface area contributed by atoms with Crippen LogP contribution in [0.3, 0.4) is 0 Å². The number of amides is 2. The van der Waals surface area contributed by atoms with E-state index in [1.165, 1.54) is 0 Å². The fourth-order valence-electron chi connectivity index (χ4n) is 6.01. The number of carbonyl (C=O) groups excluding carboxylic acids is 3. The highest BCUT2D eigenvalue weighted by molar-refractivity contribution is 8.02. The molecule has 4 aliphatic heterocycles. The number of allylic oxidation sites excluding steroid dienone is 1. The normalized spacial score (nSPS) is 36.5. The molecule has 1 unspecified atom stereocenters. The molecule has 4 rings (SSSR count). The molecule has 8 heteroatoms. The van der Waals surface area contributed by atoms with Crippen molar-refractivity contribution in [1.29, 1.82) is 0 Å². The number of hydrogen-bond acceptors (Lipinski definition) is 6. The molecule has 4 aliphatic rings. The second-order valence-corrected chi connectivity index (χ2v) is 11.8. The van der Waals surface area contributed by atoms with E-state index in [2.05, 4.69) is 6.08 Å². The molecule has 2 fully saturated rings. The summed E-state index contributed by atoms with van der Waals surface area (Å²) in [6, 6.07) is -1.28. The summed E-state index contributed by atoms with van der Waals surface area (Å²) in [5.74, 6) is -2.02.